The number of para-hydroxylation sites is 1. The van der Waals surface area contributed by atoms with Crippen LogP contribution in [0.15, 0.2) is 24.3 Å². The number of sulfonamides is 1. The van der Waals surface area contributed by atoms with E-state index in [9.17, 15) is 13.2 Å². The van der Waals surface area contributed by atoms with Crippen LogP contribution in [0.25, 0.3) is 0 Å². The molecule has 0 atom stereocenters. The van der Waals surface area contributed by atoms with Crippen LogP contribution in [0.1, 0.15) is 79.2 Å². The second-order valence-electron chi connectivity index (χ2n) is 9.82. The van der Waals surface area contributed by atoms with Crippen LogP contribution in [0.2, 0.25) is 0 Å². The molecule has 0 radical (unpaired) electrons. The molecule has 0 heterocycles. The first-order chi connectivity index (χ1) is 12.6. The van der Waals surface area contributed by atoms with Gasteiger partial charge in [0.05, 0.1) is 11.9 Å². The van der Waals surface area contributed by atoms with E-state index in [1.807, 2.05) is 52.0 Å². The molecular weight excluding hydrogens is 372 g/mol. The SMILES string of the molecule is CC(C)c1ccccc1N(CCCC(=O)NC(C)(C)CC(C)(C)C)S(C)(=O)=O. The molecule has 1 aromatic rings. The van der Waals surface area contributed by atoms with Gasteiger partial charge in [-0.2, -0.15) is 0 Å². The third-order valence-electron chi connectivity index (χ3n) is 4.44. The van der Waals surface area contributed by atoms with Crippen molar-refractivity contribution in [2.75, 3.05) is 17.1 Å². The Morgan fingerprint density at radius 1 is 1.11 bits per heavy atom. The minimum Gasteiger partial charge on any atom is -0.351 e. The lowest BCUT2D eigenvalue weighted by molar-refractivity contribution is -0.123. The number of benzene rings is 1. The fraction of sp³-hybridized carbons (Fsp3) is 0.682. The quantitative estimate of drug-likeness (QED) is 0.642. The van der Waals surface area contributed by atoms with Crippen molar-refractivity contribution in [2.24, 2.45) is 5.41 Å². The fourth-order valence-electron chi connectivity index (χ4n) is 3.86. The molecule has 1 rings (SSSR count). The molecule has 1 N–H and O–H groups in total. The molecule has 0 unspecified atom stereocenters. The van der Waals surface area contributed by atoms with E-state index in [1.54, 1.807) is 0 Å². The predicted molar refractivity (Wildman–Crippen MR) is 118 cm³/mol. The van der Waals surface area contributed by atoms with Gasteiger partial charge >= 0.3 is 0 Å². The first-order valence-corrected chi connectivity index (χ1v) is 11.8. The molecule has 0 fully saturated rings. The lowest BCUT2D eigenvalue weighted by atomic mass is 9.82. The average Bonchev–Trinajstić information content (AvgIpc) is 2.47. The van der Waals surface area contributed by atoms with E-state index in [1.165, 1.54) is 10.6 Å². The molecule has 28 heavy (non-hydrogen) atoms. The summed E-state index contributed by atoms with van der Waals surface area (Å²) in [4.78, 5) is 12.4. The molecule has 0 spiro atoms. The molecule has 160 valence electrons. The first-order valence-electron chi connectivity index (χ1n) is 10.00. The second-order valence-corrected chi connectivity index (χ2v) is 11.7. The largest absolute Gasteiger partial charge is 0.351 e. The zero-order valence-corrected chi connectivity index (χ0v) is 19.6. The molecule has 0 bridgehead atoms. The maximum absolute atomic E-state index is 12.4. The number of anilines is 1. The number of carbonyl (C=O) groups is 1. The number of amides is 1. The van der Waals surface area contributed by atoms with E-state index < -0.39 is 10.0 Å². The van der Waals surface area contributed by atoms with E-state index in [0.29, 0.717) is 18.5 Å². The lowest BCUT2D eigenvalue weighted by Gasteiger charge is -2.33. The van der Waals surface area contributed by atoms with Crippen LogP contribution >= 0.6 is 0 Å². The Morgan fingerprint density at radius 3 is 2.18 bits per heavy atom. The van der Waals surface area contributed by atoms with Crippen LogP contribution in [0.5, 0.6) is 0 Å². The molecule has 0 aromatic heterocycles. The predicted octanol–water partition coefficient (Wildman–Crippen LogP) is 4.69. The highest BCUT2D eigenvalue weighted by molar-refractivity contribution is 7.92. The smallest absolute Gasteiger partial charge is 0.232 e. The molecule has 1 amide bonds. The molecule has 0 aliphatic carbocycles. The summed E-state index contributed by atoms with van der Waals surface area (Å²) in [7, 11) is -3.43. The van der Waals surface area contributed by atoms with Gasteiger partial charge in [-0.3, -0.25) is 9.10 Å². The maximum Gasteiger partial charge on any atom is 0.232 e. The molecule has 6 heteroatoms. The fourth-order valence-corrected chi connectivity index (χ4v) is 4.85. The highest BCUT2D eigenvalue weighted by Gasteiger charge is 2.27. The highest BCUT2D eigenvalue weighted by atomic mass is 32.2. The summed E-state index contributed by atoms with van der Waals surface area (Å²) in [6.07, 6.45) is 2.85. The van der Waals surface area contributed by atoms with Crippen LogP contribution in [-0.2, 0) is 14.8 Å². The van der Waals surface area contributed by atoms with E-state index in [2.05, 4.69) is 26.1 Å². The Balaban J connectivity index is 2.81. The van der Waals surface area contributed by atoms with Crippen molar-refractivity contribution in [1.29, 1.82) is 0 Å². The summed E-state index contributed by atoms with van der Waals surface area (Å²) in [5.74, 6) is 0.168. The summed E-state index contributed by atoms with van der Waals surface area (Å²) in [6.45, 7) is 14.9. The zero-order chi connectivity index (χ0) is 21.8. The summed E-state index contributed by atoms with van der Waals surface area (Å²) in [6, 6.07) is 7.56. The zero-order valence-electron chi connectivity index (χ0n) is 18.8. The number of hydrogen-bond acceptors (Lipinski definition) is 3. The van der Waals surface area contributed by atoms with Gasteiger partial charge in [-0.25, -0.2) is 8.42 Å². The third-order valence-corrected chi connectivity index (χ3v) is 5.62. The van der Waals surface area contributed by atoms with Gasteiger partial charge in [0.15, 0.2) is 0 Å². The van der Waals surface area contributed by atoms with Crippen molar-refractivity contribution in [1.82, 2.24) is 5.32 Å². The summed E-state index contributed by atoms with van der Waals surface area (Å²) in [5.41, 5.74) is 1.51. The minimum absolute atomic E-state index is 0.0418. The van der Waals surface area contributed by atoms with Crippen LogP contribution in [0.3, 0.4) is 0 Å². The van der Waals surface area contributed by atoms with E-state index >= 15 is 0 Å². The van der Waals surface area contributed by atoms with Gasteiger partial charge in [-0.15, -0.1) is 0 Å². The second kappa shape index (κ2) is 9.29. The van der Waals surface area contributed by atoms with E-state index in [0.717, 1.165) is 12.0 Å². The molecule has 5 nitrogen and oxygen atoms in total. The Morgan fingerprint density at radius 2 is 1.68 bits per heavy atom. The Labute approximate surface area is 172 Å². The van der Waals surface area contributed by atoms with Crippen LogP contribution in [-0.4, -0.2) is 32.7 Å². The van der Waals surface area contributed by atoms with E-state index in [4.69, 9.17) is 0 Å². The van der Waals surface area contributed by atoms with Crippen molar-refractivity contribution < 1.29 is 13.2 Å². The summed E-state index contributed by atoms with van der Waals surface area (Å²) in [5, 5.41) is 3.09. The van der Waals surface area contributed by atoms with Crippen molar-refractivity contribution in [3.63, 3.8) is 0 Å². The lowest BCUT2D eigenvalue weighted by Crippen LogP contribution is -2.46. The van der Waals surface area contributed by atoms with Gasteiger partial charge in [-0.1, -0.05) is 52.8 Å². The van der Waals surface area contributed by atoms with Crippen LogP contribution in [0, 0.1) is 5.41 Å². The van der Waals surface area contributed by atoms with Crippen LogP contribution < -0.4 is 9.62 Å². The first kappa shape index (κ1) is 24.5. The molecule has 0 aliphatic rings. The summed E-state index contributed by atoms with van der Waals surface area (Å²) < 4.78 is 26.2. The van der Waals surface area contributed by atoms with Gasteiger partial charge in [0.25, 0.3) is 0 Å². The molecule has 0 saturated carbocycles. The Bertz CT molecular complexity index is 762. The van der Waals surface area contributed by atoms with Crippen LogP contribution in [0.4, 0.5) is 5.69 Å². The Kier molecular flexibility index (Phi) is 8.12. The normalized spacial score (nSPS) is 12.9. The van der Waals surface area contributed by atoms with Gasteiger partial charge in [0, 0.05) is 18.5 Å². The third kappa shape index (κ3) is 8.21. The number of hydrogen-bond donors (Lipinski definition) is 1. The molecule has 0 saturated heterocycles. The van der Waals surface area contributed by atoms with Gasteiger partial charge in [-0.05, 0) is 49.7 Å². The van der Waals surface area contributed by atoms with Gasteiger partial charge in [0.1, 0.15) is 0 Å². The van der Waals surface area contributed by atoms with E-state index in [-0.39, 0.29) is 29.3 Å². The minimum atomic E-state index is -3.43. The van der Waals surface area contributed by atoms with Crippen molar-refractivity contribution in [3.05, 3.63) is 29.8 Å². The maximum atomic E-state index is 12.4. The van der Waals surface area contributed by atoms with Crippen molar-refractivity contribution in [3.8, 4) is 0 Å². The number of nitrogens with zero attached hydrogens (tertiary/aromatic N) is 1. The standard InChI is InChI=1S/C22H38N2O3S/c1-17(2)18-12-9-10-13-19(18)24(28(8,26)27)15-11-14-20(25)23-22(6,7)16-21(3,4)5/h9-10,12-13,17H,11,14-16H2,1-8H3,(H,23,25). The van der Waals surface area contributed by atoms with Gasteiger partial charge in [0.2, 0.25) is 15.9 Å². The molecular formula is C22H38N2O3S. The highest BCUT2D eigenvalue weighted by Crippen LogP contribution is 2.29. The average molecular weight is 411 g/mol. The number of nitrogens with one attached hydrogen (secondary N) is 1. The topological polar surface area (TPSA) is 66.5 Å². The molecule has 1 aromatic carbocycles. The number of carbonyl (C=O) groups excluding carboxylic acids is 1. The Hall–Kier alpha value is -1.56. The summed E-state index contributed by atoms with van der Waals surface area (Å²) >= 11 is 0. The molecule has 0 aliphatic heterocycles. The van der Waals surface area contributed by atoms with Crippen molar-refractivity contribution >= 4 is 21.6 Å². The van der Waals surface area contributed by atoms with Crippen molar-refractivity contribution in [2.45, 2.75) is 79.2 Å². The number of rotatable bonds is 9. The van der Waals surface area contributed by atoms with Gasteiger partial charge < -0.3 is 5.32 Å². The monoisotopic (exact) mass is 410 g/mol.